The van der Waals surface area contributed by atoms with Crippen molar-refractivity contribution in [3.8, 4) is 10.6 Å². The van der Waals surface area contributed by atoms with Gasteiger partial charge >= 0.3 is 0 Å². The molecule has 5 heteroatoms. The number of carbonyl (C=O) groups is 1. The number of benzene rings is 1. The molecule has 0 aliphatic carbocycles. The summed E-state index contributed by atoms with van der Waals surface area (Å²) >= 11 is 1.55. The summed E-state index contributed by atoms with van der Waals surface area (Å²) in [6, 6.07) is 7.08. The van der Waals surface area contributed by atoms with Crippen molar-refractivity contribution < 1.29 is 4.79 Å². The lowest BCUT2D eigenvalue weighted by molar-refractivity contribution is 0.0593. The van der Waals surface area contributed by atoms with Crippen LogP contribution in [-0.4, -0.2) is 52.9 Å². The van der Waals surface area contributed by atoms with Crippen molar-refractivity contribution in [3.63, 3.8) is 0 Å². The van der Waals surface area contributed by atoms with Crippen molar-refractivity contribution in [2.45, 2.75) is 58.9 Å². The fourth-order valence-electron chi connectivity index (χ4n) is 4.45. The number of nitrogens with zero attached hydrogens (tertiary/aromatic N) is 3. The summed E-state index contributed by atoms with van der Waals surface area (Å²) < 4.78 is 0. The number of aryl methyl sites for hydroxylation is 3. The molecule has 0 unspecified atom stereocenters. The van der Waals surface area contributed by atoms with Crippen LogP contribution in [0.2, 0.25) is 0 Å². The molecule has 0 radical (unpaired) electrons. The molecule has 0 spiro atoms. The first-order chi connectivity index (χ1) is 13.5. The van der Waals surface area contributed by atoms with E-state index < -0.39 is 0 Å². The fraction of sp³-hybridized carbons (Fsp3) is 0.565. The molecule has 0 saturated carbocycles. The summed E-state index contributed by atoms with van der Waals surface area (Å²) in [5, 5.41) is 0.951. The summed E-state index contributed by atoms with van der Waals surface area (Å²) in [4.78, 5) is 23.4. The highest BCUT2D eigenvalue weighted by Gasteiger charge is 2.29. The van der Waals surface area contributed by atoms with Gasteiger partial charge in [-0.15, -0.1) is 11.3 Å². The smallest absolute Gasteiger partial charge is 0.265 e. The molecule has 2 fully saturated rings. The molecule has 2 aromatic rings. The molecule has 0 bridgehead atoms. The number of aromatic nitrogens is 1. The number of piperidine rings is 2. The number of thiazole rings is 1. The predicted molar refractivity (Wildman–Crippen MR) is 116 cm³/mol. The van der Waals surface area contributed by atoms with Gasteiger partial charge in [0.15, 0.2) is 0 Å². The van der Waals surface area contributed by atoms with Crippen LogP contribution in [0.5, 0.6) is 0 Å². The van der Waals surface area contributed by atoms with Crippen LogP contribution < -0.4 is 0 Å². The predicted octanol–water partition coefficient (Wildman–Crippen LogP) is 4.83. The van der Waals surface area contributed by atoms with Gasteiger partial charge < -0.3 is 9.80 Å². The molecule has 1 amide bonds. The first kappa shape index (κ1) is 19.6. The third-order valence-corrected chi connectivity index (χ3v) is 7.60. The van der Waals surface area contributed by atoms with Crippen LogP contribution in [-0.2, 0) is 0 Å². The molecule has 1 aromatic carbocycles. The zero-order valence-electron chi connectivity index (χ0n) is 17.3. The van der Waals surface area contributed by atoms with Gasteiger partial charge in [-0.2, -0.15) is 0 Å². The van der Waals surface area contributed by atoms with Crippen molar-refractivity contribution in [1.29, 1.82) is 0 Å². The van der Waals surface area contributed by atoms with E-state index >= 15 is 0 Å². The second-order valence-corrected chi connectivity index (χ2v) is 9.35. The zero-order chi connectivity index (χ0) is 19.7. The molecular formula is C23H31N3OS. The lowest BCUT2D eigenvalue weighted by atomic mass is 10.00. The van der Waals surface area contributed by atoms with Gasteiger partial charge in [-0.3, -0.25) is 4.79 Å². The quantitative estimate of drug-likeness (QED) is 0.745. The lowest BCUT2D eigenvalue weighted by Crippen LogP contribution is -2.48. The van der Waals surface area contributed by atoms with Crippen LogP contribution in [0.15, 0.2) is 18.2 Å². The van der Waals surface area contributed by atoms with Gasteiger partial charge in [-0.25, -0.2) is 4.98 Å². The van der Waals surface area contributed by atoms with Crippen LogP contribution in [0, 0.1) is 20.8 Å². The molecule has 3 heterocycles. The van der Waals surface area contributed by atoms with Crippen LogP contribution in [0.1, 0.15) is 58.6 Å². The van der Waals surface area contributed by atoms with E-state index in [0.29, 0.717) is 6.04 Å². The van der Waals surface area contributed by atoms with Crippen molar-refractivity contribution in [2.75, 3.05) is 26.2 Å². The minimum Gasteiger partial charge on any atom is -0.338 e. The molecule has 1 aromatic heterocycles. The fourth-order valence-corrected chi connectivity index (χ4v) is 5.48. The van der Waals surface area contributed by atoms with Crippen molar-refractivity contribution >= 4 is 17.2 Å². The summed E-state index contributed by atoms with van der Waals surface area (Å²) in [6.07, 6.45) is 6.25. The normalized spacial score (nSPS) is 19.2. The van der Waals surface area contributed by atoms with Crippen LogP contribution >= 0.6 is 11.3 Å². The van der Waals surface area contributed by atoms with E-state index in [1.54, 1.807) is 11.3 Å². The molecule has 2 aliphatic heterocycles. The first-order valence-electron chi connectivity index (χ1n) is 10.6. The Morgan fingerprint density at radius 1 is 1.00 bits per heavy atom. The van der Waals surface area contributed by atoms with Crippen molar-refractivity contribution in [1.82, 2.24) is 14.8 Å². The largest absolute Gasteiger partial charge is 0.338 e. The molecule has 4 rings (SSSR count). The standard InChI is InChI=1S/C23H31N3OS/c1-16-7-8-19(15-17(16)2)22-24-18(3)21(28-22)23(27)26-13-9-20(10-14-26)25-11-5-4-6-12-25/h7-8,15,20H,4-6,9-14H2,1-3H3. The Morgan fingerprint density at radius 3 is 2.39 bits per heavy atom. The molecule has 4 nitrogen and oxygen atoms in total. The Kier molecular flexibility index (Phi) is 5.83. The van der Waals surface area contributed by atoms with Gasteiger partial charge in [-0.1, -0.05) is 18.6 Å². The number of amides is 1. The van der Waals surface area contributed by atoms with E-state index in [4.69, 9.17) is 4.98 Å². The molecule has 2 saturated heterocycles. The van der Waals surface area contributed by atoms with Gasteiger partial charge in [0.1, 0.15) is 9.88 Å². The SMILES string of the molecule is Cc1ccc(-c2nc(C)c(C(=O)N3CCC(N4CCCCC4)CC3)s2)cc1C. The number of likely N-dealkylation sites (tertiary alicyclic amines) is 2. The molecule has 2 aliphatic rings. The van der Waals surface area contributed by atoms with Gasteiger partial charge in [0.05, 0.1) is 5.69 Å². The minimum absolute atomic E-state index is 0.169. The highest BCUT2D eigenvalue weighted by Crippen LogP contribution is 2.31. The number of carbonyl (C=O) groups excluding carboxylic acids is 1. The van der Waals surface area contributed by atoms with Gasteiger partial charge in [0.2, 0.25) is 0 Å². The zero-order valence-corrected chi connectivity index (χ0v) is 18.1. The second-order valence-electron chi connectivity index (χ2n) is 8.35. The number of hydrogen-bond donors (Lipinski definition) is 0. The van der Waals surface area contributed by atoms with E-state index in [9.17, 15) is 4.79 Å². The van der Waals surface area contributed by atoms with E-state index in [2.05, 4.69) is 36.9 Å². The lowest BCUT2D eigenvalue weighted by Gasteiger charge is -2.40. The maximum absolute atomic E-state index is 13.2. The van der Waals surface area contributed by atoms with Gasteiger partial charge in [-0.05, 0) is 76.7 Å². The number of hydrogen-bond acceptors (Lipinski definition) is 4. The highest BCUT2D eigenvalue weighted by atomic mass is 32.1. The average molecular weight is 398 g/mol. The average Bonchev–Trinajstić information content (AvgIpc) is 3.12. The highest BCUT2D eigenvalue weighted by molar-refractivity contribution is 7.17. The summed E-state index contributed by atoms with van der Waals surface area (Å²) in [5.41, 5.74) is 4.52. The van der Waals surface area contributed by atoms with Gasteiger partial charge in [0, 0.05) is 24.7 Å². The van der Waals surface area contributed by atoms with E-state index in [1.807, 2.05) is 11.8 Å². The van der Waals surface area contributed by atoms with Crippen LogP contribution in [0.25, 0.3) is 10.6 Å². The Labute approximate surface area is 172 Å². The van der Waals surface area contributed by atoms with E-state index in [-0.39, 0.29) is 5.91 Å². The van der Waals surface area contributed by atoms with Crippen molar-refractivity contribution in [3.05, 3.63) is 39.9 Å². The van der Waals surface area contributed by atoms with Gasteiger partial charge in [0.25, 0.3) is 5.91 Å². The van der Waals surface area contributed by atoms with E-state index in [1.165, 1.54) is 43.5 Å². The van der Waals surface area contributed by atoms with Crippen LogP contribution in [0.3, 0.4) is 0 Å². The monoisotopic (exact) mass is 397 g/mol. The van der Waals surface area contributed by atoms with Crippen molar-refractivity contribution in [2.24, 2.45) is 0 Å². The minimum atomic E-state index is 0.169. The first-order valence-corrected chi connectivity index (χ1v) is 11.4. The summed E-state index contributed by atoms with van der Waals surface area (Å²) in [6.45, 7) is 10.4. The topological polar surface area (TPSA) is 36.4 Å². The summed E-state index contributed by atoms with van der Waals surface area (Å²) in [5.74, 6) is 0.169. The summed E-state index contributed by atoms with van der Waals surface area (Å²) in [7, 11) is 0. The Balaban J connectivity index is 1.44. The molecule has 0 atom stereocenters. The third kappa shape index (κ3) is 4.01. The number of rotatable bonds is 3. The third-order valence-electron chi connectivity index (χ3n) is 6.40. The Bertz CT molecular complexity index is 846. The Morgan fingerprint density at radius 2 is 1.71 bits per heavy atom. The molecule has 150 valence electrons. The molecule has 28 heavy (non-hydrogen) atoms. The maximum Gasteiger partial charge on any atom is 0.265 e. The maximum atomic E-state index is 13.2. The Hall–Kier alpha value is -1.72. The second kappa shape index (κ2) is 8.34. The molecular weight excluding hydrogens is 366 g/mol. The molecule has 0 N–H and O–H groups in total. The van der Waals surface area contributed by atoms with E-state index in [0.717, 1.165) is 47.1 Å². The van der Waals surface area contributed by atoms with Crippen LogP contribution in [0.4, 0.5) is 0 Å².